The summed E-state index contributed by atoms with van der Waals surface area (Å²) in [5.74, 6) is 2.11. The lowest BCUT2D eigenvalue weighted by molar-refractivity contribution is 0.0940. The molecule has 1 aliphatic rings. The Labute approximate surface area is 112 Å². The molecule has 0 saturated carbocycles. The molecule has 1 aliphatic heterocycles. The molecule has 0 radical (unpaired) electrons. The van der Waals surface area contributed by atoms with Crippen LogP contribution < -0.4 is 5.32 Å². The van der Waals surface area contributed by atoms with Crippen LogP contribution in [0.25, 0.3) is 0 Å². The van der Waals surface area contributed by atoms with Gasteiger partial charge in [0.1, 0.15) is 0 Å². The third-order valence-electron chi connectivity index (χ3n) is 2.44. The highest BCUT2D eigenvalue weighted by Crippen LogP contribution is 2.23. The van der Waals surface area contributed by atoms with Gasteiger partial charge in [-0.1, -0.05) is 11.6 Å². The van der Waals surface area contributed by atoms with Crippen LogP contribution >= 0.6 is 39.3 Å². The molecule has 2 rings (SSSR count). The zero-order valence-electron chi connectivity index (χ0n) is 8.50. The van der Waals surface area contributed by atoms with Crippen LogP contribution in [0.4, 0.5) is 0 Å². The topological polar surface area (TPSA) is 29.1 Å². The first kappa shape index (κ1) is 12.3. The first-order valence-electron chi connectivity index (χ1n) is 5.00. The maximum atomic E-state index is 11.9. The average molecular weight is 321 g/mol. The Hall–Kier alpha value is -0.190. The van der Waals surface area contributed by atoms with Crippen molar-refractivity contribution in [1.29, 1.82) is 0 Å². The van der Waals surface area contributed by atoms with E-state index in [4.69, 9.17) is 11.6 Å². The second kappa shape index (κ2) is 5.43. The molecule has 1 aromatic rings. The van der Waals surface area contributed by atoms with Gasteiger partial charge in [0, 0.05) is 21.3 Å². The van der Waals surface area contributed by atoms with Crippen molar-refractivity contribution in [1.82, 2.24) is 5.32 Å². The van der Waals surface area contributed by atoms with Crippen molar-refractivity contribution < 1.29 is 4.79 Å². The quantitative estimate of drug-likeness (QED) is 0.905. The van der Waals surface area contributed by atoms with E-state index in [0.29, 0.717) is 16.6 Å². The highest BCUT2D eigenvalue weighted by atomic mass is 79.9. The van der Waals surface area contributed by atoms with Gasteiger partial charge in [-0.25, -0.2) is 0 Å². The Morgan fingerprint density at radius 3 is 3.00 bits per heavy atom. The van der Waals surface area contributed by atoms with Gasteiger partial charge in [-0.15, -0.1) is 0 Å². The second-order valence-electron chi connectivity index (χ2n) is 3.66. The van der Waals surface area contributed by atoms with Crippen molar-refractivity contribution in [3.8, 4) is 0 Å². The van der Waals surface area contributed by atoms with E-state index in [0.717, 1.165) is 22.4 Å². The predicted molar refractivity (Wildman–Crippen MR) is 72.3 cm³/mol. The molecule has 1 fully saturated rings. The molecule has 86 valence electrons. The molecule has 0 aliphatic carbocycles. The fourth-order valence-electron chi connectivity index (χ4n) is 1.59. The maximum Gasteiger partial charge on any atom is 0.252 e. The number of hydrogen-bond acceptors (Lipinski definition) is 2. The fourth-order valence-corrected chi connectivity index (χ4v) is 3.60. The molecular weight excluding hydrogens is 310 g/mol. The lowest BCUT2D eigenvalue weighted by Crippen LogP contribution is -2.34. The number of nitrogens with one attached hydrogen (secondary N) is 1. The number of halogens is 2. The molecule has 1 N–H and O–H groups in total. The summed E-state index contributed by atoms with van der Waals surface area (Å²) >= 11 is 11.1. The van der Waals surface area contributed by atoms with Crippen LogP contribution in [0.1, 0.15) is 16.8 Å². The SMILES string of the molecule is O=C(NC1CCSC1)c1ccc(Cl)cc1Br. The van der Waals surface area contributed by atoms with Gasteiger partial charge in [0.15, 0.2) is 0 Å². The van der Waals surface area contributed by atoms with Crippen LogP contribution in [-0.2, 0) is 0 Å². The molecule has 0 aromatic heterocycles. The molecule has 1 aromatic carbocycles. The smallest absolute Gasteiger partial charge is 0.252 e. The summed E-state index contributed by atoms with van der Waals surface area (Å²) in [6, 6.07) is 5.51. The summed E-state index contributed by atoms with van der Waals surface area (Å²) in [5.41, 5.74) is 0.640. The van der Waals surface area contributed by atoms with Crippen LogP contribution in [-0.4, -0.2) is 23.5 Å². The summed E-state index contributed by atoms with van der Waals surface area (Å²) in [6.07, 6.45) is 1.06. The molecule has 16 heavy (non-hydrogen) atoms. The van der Waals surface area contributed by atoms with E-state index in [1.807, 2.05) is 11.8 Å². The van der Waals surface area contributed by atoms with E-state index in [1.54, 1.807) is 18.2 Å². The molecule has 5 heteroatoms. The highest BCUT2D eigenvalue weighted by molar-refractivity contribution is 9.10. The van der Waals surface area contributed by atoms with Crippen LogP contribution in [0.5, 0.6) is 0 Å². The standard InChI is InChI=1S/C11H11BrClNOS/c12-10-5-7(13)1-2-9(10)11(15)14-8-3-4-16-6-8/h1-2,5,8H,3-4,6H2,(H,14,15). The number of benzene rings is 1. The van der Waals surface area contributed by atoms with Crippen LogP contribution in [0.2, 0.25) is 5.02 Å². The summed E-state index contributed by atoms with van der Waals surface area (Å²) in [7, 11) is 0. The van der Waals surface area contributed by atoms with Gasteiger partial charge in [-0.05, 0) is 46.3 Å². The van der Waals surface area contributed by atoms with E-state index >= 15 is 0 Å². The Kier molecular flexibility index (Phi) is 4.16. The number of carbonyl (C=O) groups is 1. The van der Waals surface area contributed by atoms with Crippen LogP contribution in [0.3, 0.4) is 0 Å². The van der Waals surface area contributed by atoms with Crippen molar-refractivity contribution in [3.05, 3.63) is 33.3 Å². The molecule has 0 spiro atoms. The van der Waals surface area contributed by atoms with Gasteiger partial charge in [-0.3, -0.25) is 4.79 Å². The predicted octanol–water partition coefficient (Wildman–Crippen LogP) is 3.34. The minimum atomic E-state index is -0.0314. The lowest BCUT2D eigenvalue weighted by Gasteiger charge is -2.12. The molecule has 0 bridgehead atoms. The zero-order valence-corrected chi connectivity index (χ0v) is 11.7. The van der Waals surface area contributed by atoms with Gasteiger partial charge < -0.3 is 5.32 Å². The second-order valence-corrected chi connectivity index (χ2v) is 6.10. The minimum absolute atomic E-state index is 0.0314. The largest absolute Gasteiger partial charge is 0.348 e. The monoisotopic (exact) mass is 319 g/mol. The van der Waals surface area contributed by atoms with Gasteiger partial charge >= 0.3 is 0 Å². The highest BCUT2D eigenvalue weighted by Gasteiger charge is 2.19. The summed E-state index contributed by atoms with van der Waals surface area (Å²) in [4.78, 5) is 11.9. The maximum absolute atomic E-state index is 11.9. The van der Waals surface area contributed by atoms with Gasteiger partial charge in [0.05, 0.1) is 5.56 Å². The number of rotatable bonds is 2. The summed E-state index contributed by atoms with van der Waals surface area (Å²) in [6.45, 7) is 0. The molecule has 1 unspecified atom stereocenters. The normalized spacial score (nSPS) is 19.8. The first-order valence-corrected chi connectivity index (χ1v) is 7.33. The van der Waals surface area contributed by atoms with E-state index in [1.165, 1.54) is 0 Å². The molecular formula is C11H11BrClNOS. The van der Waals surface area contributed by atoms with Gasteiger partial charge in [0.2, 0.25) is 0 Å². The van der Waals surface area contributed by atoms with Gasteiger partial charge in [0.25, 0.3) is 5.91 Å². The third kappa shape index (κ3) is 2.93. The number of carbonyl (C=O) groups excluding carboxylic acids is 1. The van der Waals surface area contributed by atoms with E-state index in [-0.39, 0.29) is 5.91 Å². The Bertz CT molecular complexity index is 407. The Morgan fingerprint density at radius 2 is 2.38 bits per heavy atom. The lowest BCUT2D eigenvalue weighted by atomic mass is 10.2. The number of hydrogen-bond donors (Lipinski definition) is 1. The van der Waals surface area contributed by atoms with Crippen LogP contribution in [0.15, 0.2) is 22.7 Å². The Morgan fingerprint density at radius 1 is 1.56 bits per heavy atom. The Balaban J connectivity index is 2.08. The van der Waals surface area contributed by atoms with Crippen molar-refractivity contribution in [3.63, 3.8) is 0 Å². The fraction of sp³-hybridized carbons (Fsp3) is 0.364. The van der Waals surface area contributed by atoms with Crippen molar-refractivity contribution >= 4 is 45.2 Å². The van der Waals surface area contributed by atoms with E-state index in [2.05, 4.69) is 21.2 Å². The van der Waals surface area contributed by atoms with Gasteiger partial charge in [-0.2, -0.15) is 11.8 Å². The third-order valence-corrected chi connectivity index (χ3v) is 4.49. The average Bonchev–Trinajstić information content (AvgIpc) is 2.70. The van der Waals surface area contributed by atoms with E-state index < -0.39 is 0 Å². The molecule has 2 nitrogen and oxygen atoms in total. The zero-order chi connectivity index (χ0) is 11.5. The van der Waals surface area contributed by atoms with Crippen LogP contribution in [0, 0.1) is 0 Å². The van der Waals surface area contributed by atoms with Crippen molar-refractivity contribution in [2.45, 2.75) is 12.5 Å². The number of amides is 1. The number of thioether (sulfide) groups is 1. The molecule has 1 atom stereocenters. The first-order chi connectivity index (χ1) is 7.66. The van der Waals surface area contributed by atoms with Crippen molar-refractivity contribution in [2.75, 3.05) is 11.5 Å². The molecule has 1 amide bonds. The molecule has 1 saturated heterocycles. The summed E-state index contributed by atoms with van der Waals surface area (Å²) < 4.78 is 0.739. The molecule has 1 heterocycles. The minimum Gasteiger partial charge on any atom is -0.348 e. The van der Waals surface area contributed by atoms with E-state index in [9.17, 15) is 4.79 Å². The summed E-state index contributed by atoms with van der Waals surface area (Å²) in [5, 5.41) is 3.65. The van der Waals surface area contributed by atoms with Crippen molar-refractivity contribution in [2.24, 2.45) is 0 Å².